The number of carbonyl (C=O) groups excluding carboxylic acids is 1. The first-order valence-corrected chi connectivity index (χ1v) is 5.83. The maximum Gasteiger partial charge on any atom is 0.405 e. The number of amides is 1. The number of nitrogens with two attached hydrogens (primary N) is 1. The summed E-state index contributed by atoms with van der Waals surface area (Å²) in [6, 6.07) is 1.70. The molecule has 9 heteroatoms. The van der Waals surface area contributed by atoms with Gasteiger partial charge in [-0.3, -0.25) is 4.79 Å². The number of carbonyl (C=O) groups is 1. The number of nitrogens with zero attached hydrogens (tertiary/aromatic N) is 2. The number of halogens is 3. The number of hydrogen-bond acceptors (Lipinski definition) is 5. The molecule has 104 valence electrons. The monoisotopic (exact) mass is 292 g/mol. The van der Waals surface area contributed by atoms with Crippen LogP contribution in [0, 0.1) is 11.3 Å². The molecule has 1 aromatic rings. The third kappa shape index (κ3) is 3.51. The van der Waals surface area contributed by atoms with E-state index >= 15 is 0 Å². The van der Waals surface area contributed by atoms with E-state index < -0.39 is 18.6 Å². The average Bonchev–Trinajstić information content (AvgIpc) is 2.61. The van der Waals surface area contributed by atoms with Crippen molar-refractivity contribution in [1.29, 1.82) is 5.26 Å². The molecule has 5 nitrogen and oxygen atoms in total. The lowest BCUT2D eigenvalue weighted by atomic mass is 10.2. The second kappa shape index (κ2) is 5.36. The van der Waals surface area contributed by atoms with Gasteiger partial charge in [-0.1, -0.05) is 0 Å². The van der Waals surface area contributed by atoms with Gasteiger partial charge in [0.2, 0.25) is 0 Å². The Morgan fingerprint density at radius 3 is 2.53 bits per heavy atom. The van der Waals surface area contributed by atoms with Gasteiger partial charge in [0.25, 0.3) is 5.91 Å². The Balaban J connectivity index is 3.10. The second-order valence-corrected chi connectivity index (χ2v) is 4.85. The predicted octanol–water partition coefficient (Wildman–Crippen LogP) is 1.88. The minimum Gasteiger partial charge on any atom is -0.396 e. The normalized spacial score (nSPS) is 10.9. The Hall–Kier alpha value is -1.95. The number of rotatable bonds is 3. The molecule has 0 aliphatic heterocycles. The van der Waals surface area contributed by atoms with Crippen molar-refractivity contribution in [1.82, 2.24) is 4.90 Å². The van der Waals surface area contributed by atoms with Crippen LogP contribution in [0.2, 0.25) is 0 Å². The summed E-state index contributed by atoms with van der Waals surface area (Å²) in [6.45, 7) is -1.29. The van der Waals surface area contributed by atoms with Gasteiger partial charge in [-0.05, 0) is 0 Å². The van der Waals surface area contributed by atoms with Crippen LogP contribution in [-0.2, 0) is 0 Å². The third-order valence-electron chi connectivity index (χ3n) is 2.11. The molecule has 0 saturated heterocycles. The molecule has 1 aromatic heterocycles. The molecule has 0 radical (unpaired) electrons. The van der Waals surface area contributed by atoms with Crippen molar-refractivity contribution in [3.8, 4) is 6.07 Å². The highest BCUT2D eigenvalue weighted by atomic mass is 32.1. The fourth-order valence-corrected chi connectivity index (χ4v) is 2.31. The SMILES string of the molecule is CN(C)C(=O)c1sc(NCC(F)(F)F)c(C#N)c1N. The Bertz CT molecular complexity index is 530. The zero-order chi connectivity index (χ0) is 14.8. The zero-order valence-corrected chi connectivity index (χ0v) is 10.9. The van der Waals surface area contributed by atoms with Gasteiger partial charge in [0.05, 0.1) is 5.69 Å². The van der Waals surface area contributed by atoms with Gasteiger partial charge in [-0.2, -0.15) is 18.4 Å². The van der Waals surface area contributed by atoms with Crippen molar-refractivity contribution in [2.45, 2.75) is 6.18 Å². The number of anilines is 2. The van der Waals surface area contributed by atoms with Gasteiger partial charge in [0.1, 0.15) is 28.1 Å². The van der Waals surface area contributed by atoms with Crippen molar-refractivity contribution >= 4 is 27.9 Å². The maximum atomic E-state index is 12.1. The van der Waals surface area contributed by atoms with E-state index in [1.807, 2.05) is 0 Å². The van der Waals surface area contributed by atoms with Crippen LogP contribution >= 0.6 is 11.3 Å². The molecular formula is C10H11F3N4OS. The second-order valence-electron chi connectivity index (χ2n) is 3.83. The summed E-state index contributed by atoms with van der Waals surface area (Å²) >= 11 is 0.738. The first kappa shape index (κ1) is 15.1. The first-order valence-electron chi connectivity index (χ1n) is 5.02. The highest BCUT2D eigenvalue weighted by Gasteiger charge is 2.29. The van der Waals surface area contributed by atoms with E-state index in [1.54, 1.807) is 6.07 Å². The molecule has 0 spiro atoms. The van der Waals surface area contributed by atoms with Crippen molar-refractivity contribution in [3.63, 3.8) is 0 Å². The van der Waals surface area contributed by atoms with Crippen LogP contribution in [0.1, 0.15) is 15.2 Å². The van der Waals surface area contributed by atoms with Crippen LogP contribution in [0.5, 0.6) is 0 Å². The molecule has 1 rings (SSSR count). The minimum absolute atomic E-state index is 0.0474. The molecule has 0 saturated carbocycles. The fraction of sp³-hybridized carbons (Fsp3) is 0.400. The van der Waals surface area contributed by atoms with Gasteiger partial charge >= 0.3 is 6.18 Å². The van der Waals surface area contributed by atoms with Gasteiger partial charge in [0.15, 0.2) is 0 Å². The molecule has 0 fully saturated rings. The van der Waals surface area contributed by atoms with Crippen LogP contribution < -0.4 is 11.1 Å². The standard InChI is InChI=1S/C10H11F3N4OS/c1-17(2)9(18)7-6(15)5(3-14)8(19-7)16-4-10(11,12)13/h16H,4,15H2,1-2H3. The molecule has 0 aromatic carbocycles. The summed E-state index contributed by atoms with van der Waals surface area (Å²) in [5.41, 5.74) is 5.37. The minimum atomic E-state index is -4.42. The number of hydrogen-bond donors (Lipinski definition) is 2. The molecule has 19 heavy (non-hydrogen) atoms. The molecule has 0 bridgehead atoms. The maximum absolute atomic E-state index is 12.1. The largest absolute Gasteiger partial charge is 0.405 e. The van der Waals surface area contributed by atoms with E-state index in [9.17, 15) is 18.0 Å². The lowest BCUT2D eigenvalue weighted by Crippen LogP contribution is -2.21. The van der Waals surface area contributed by atoms with Crippen molar-refractivity contribution in [2.75, 3.05) is 31.7 Å². The fourth-order valence-electron chi connectivity index (χ4n) is 1.22. The Morgan fingerprint density at radius 1 is 1.53 bits per heavy atom. The molecular weight excluding hydrogens is 281 g/mol. The van der Waals surface area contributed by atoms with Crippen molar-refractivity contribution in [2.24, 2.45) is 0 Å². The third-order valence-corrected chi connectivity index (χ3v) is 3.26. The topological polar surface area (TPSA) is 82.2 Å². The number of nitriles is 1. The van der Waals surface area contributed by atoms with Gasteiger partial charge in [-0.15, -0.1) is 11.3 Å². The van der Waals surface area contributed by atoms with Crippen LogP contribution in [-0.4, -0.2) is 37.6 Å². The molecule has 3 N–H and O–H groups in total. The van der Waals surface area contributed by atoms with E-state index in [0.717, 1.165) is 11.3 Å². The van der Waals surface area contributed by atoms with Crippen LogP contribution in [0.4, 0.5) is 23.9 Å². The Labute approximate surface area is 111 Å². The first-order chi connectivity index (χ1) is 8.67. The Morgan fingerprint density at radius 2 is 2.11 bits per heavy atom. The van der Waals surface area contributed by atoms with E-state index in [4.69, 9.17) is 11.0 Å². The van der Waals surface area contributed by atoms with Gasteiger partial charge < -0.3 is 16.0 Å². The number of nitrogens with one attached hydrogen (secondary N) is 1. The van der Waals surface area contributed by atoms with Crippen LogP contribution in [0.15, 0.2) is 0 Å². The average molecular weight is 292 g/mol. The number of alkyl halides is 3. The zero-order valence-electron chi connectivity index (χ0n) is 10.1. The molecule has 0 aliphatic rings. The summed E-state index contributed by atoms with van der Waals surface area (Å²) in [5.74, 6) is -0.459. The van der Waals surface area contributed by atoms with Crippen molar-refractivity contribution < 1.29 is 18.0 Å². The molecule has 0 aliphatic carbocycles. The van der Waals surface area contributed by atoms with Gasteiger partial charge in [0, 0.05) is 14.1 Å². The lowest BCUT2D eigenvalue weighted by Gasteiger charge is -2.08. The van der Waals surface area contributed by atoms with Crippen molar-refractivity contribution in [3.05, 3.63) is 10.4 Å². The van der Waals surface area contributed by atoms with Gasteiger partial charge in [-0.25, -0.2) is 0 Å². The summed E-state index contributed by atoms with van der Waals surface area (Å²) in [4.78, 5) is 13.0. The summed E-state index contributed by atoms with van der Waals surface area (Å²) < 4.78 is 36.4. The van der Waals surface area contributed by atoms with E-state index in [1.165, 1.54) is 19.0 Å². The molecule has 1 amide bonds. The number of nitrogen functional groups attached to an aromatic ring is 1. The summed E-state index contributed by atoms with van der Waals surface area (Å²) in [6.07, 6.45) is -4.42. The highest BCUT2D eigenvalue weighted by Crippen LogP contribution is 2.36. The quantitative estimate of drug-likeness (QED) is 0.891. The predicted molar refractivity (Wildman–Crippen MR) is 66.0 cm³/mol. The highest BCUT2D eigenvalue weighted by molar-refractivity contribution is 7.18. The van der Waals surface area contributed by atoms with E-state index in [0.29, 0.717) is 0 Å². The van der Waals surface area contributed by atoms with E-state index in [2.05, 4.69) is 5.32 Å². The Kier molecular flexibility index (Phi) is 4.26. The summed E-state index contributed by atoms with van der Waals surface area (Å²) in [5, 5.41) is 10.9. The summed E-state index contributed by atoms with van der Waals surface area (Å²) in [7, 11) is 2.96. The molecule has 0 atom stereocenters. The van der Waals surface area contributed by atoms with E-state index in [-0.39, 0.29) is 21.1 Å². The van der Waals surface area contributed by atoms with Crippen LogP contribution in [0.3, 0.4) is 0 Å². The molecule has 1 heterocycles. The van der Waals surface area contributed by atoms with Crippen LogP contribution in [0.25, 0.3) is 0 Å². The lowest BCUT2D eigenvalue weighted by molar-refractivity contribution is -0.115. The molecule has 0 unspecified atom stereocenters. The number of thiophene rings is 1. The smallest absolute Gasteiger partial charge is 0.396 e.